The van der Waals surface area contributed by atoms with Gasteiger partial charge in [-0.1, -0.05) is 0 Å². The molecule has 0 aliphatic carbocycles. The lowest BCUT2D eigenvalue weighted by atomic mass is 9.93. The van der Waals surface area contributed by atoms with Crippen LogP contribution in [0.5, 0.6) is 0 Å². The van der Waals surface area contributed by atoms with Gasteiger partial charge in [-0.2, -0.15) is 0 Å². The van der Waals surface area contributed by atoms with Crippen molar-refractivity contribution in [3.8, 4) is 0 Å². The van der Waals surface area contributed by atoms with Crippen molar-refractivity contribution in [3.05, 3.63) is 17.7 Å². The molecule has 108 valence electrons. The molecular formula is C15H21N3O2. The van der Waals surface area contributed by atoms with E-state index in [2.05, 4.69) is 24.5 Å². The summed E-state index contributed by atoms with van der Waals surface area (Å²) in [7, 11) is 0. The highest BCUT2D eigenvalue weighted by Crippen LogP contribution is 2.34. The molecule has 1 saturated heterocycles. The fraction of sp³-hybridized carbons (Fsp3) is 0.533. The smallest absolute Gasteiger partial charge is 0.228 e. The van der Waals surface area contributed by atoms with Crippen LogP contribution in [0.15, 0.2) is 12.1 Å². The average molecular weight is 275 g/mol. The number of benzene rings is 1. The molecule has 1 aromatic rings. The second-order valence-corrected chi connectivity index (χ2v) is 6.26. The monoisotopic (exact) mass is 275 g/mol. The van der Waals surface area contributed by atoms with Gasteiger partial charge in [0.15, 0.2) is 0 Å². The molecule has 4 N–H and O–H groups in total. The molecule has 3 rings (SSSR count). The first-order valence-corrected chi connectivity index (χ1v) is 7.06. The summed E-state index contributed by atoms with van der Waals surface area (Å²) in [4.78, 5) is 11.4. The van der Waals surface area contributed by atoms with Crippen molar-refractivity contribution < 1.29 is 9.53 Å². The predicted molar refractivity (Wildman–Crippen MR) is 79.9 cm³/mol. The van der Waals surface area contributed by atoms with Crippen LogP contribution >= 0.6 is 0 Å². The number of nitrogen functional groups attached to an aromatic ring is 1. The van der Waals surface area contributed by atoms with Crippen LogP contribution < -0.4 is 16.4 Å². The molecule has 5 heteroatoms. The Morgan fingerprint density at radius 1 is 1.45 bits per heavy atom. The standard InChI is InChI=1S/C15H21N3O2/c1-15(2)8-10(3-4-20-15)17-13-7-12-9(5-11(13)16)6-14(19)18-12/h5,7,10,17H,3-4,6,8,16H2,1-2H3,(H,18,19). The molecule has 20 heavy (non-hydrogen) atoms. The van der Waals surface area contributed by atoms with Crippen LogP contribution in [0.25, 0.3) is 0 Å². The number of carbonyl (C=O) groups excluding carboxylic acids is 1. The number of hydrogen-bond acceptors (Lipinski definition) is 4. The number of rotatable bonds is 2. The van der Waals surface area contributed by atoms with Crippen LogP contribution in [0.3, 0.4) is 0 Å². The predicted octanol–water partition coefficient (Wildman–Crippen LogP) is 2.13. The Labute approximate surface area is 118 Å². The molecule has 0 saturated carbocycles. The molecule has 1 fully saturated rings. The Hall–Kier alpha value is -1.75. The zero-order valence-electron chi connectivity index (χ0n) is 12.0. The highest BCUT2D eigenvalue weighted by molar-refractivity contribution is 6.00. The minimum absolute atomic E-state index is 0.0312. The fourth-order valence-corrected chi connectivity index (χ4v) is 2.99. The van der Waals surface area contributed by atoms with Gasteiger partial charge in [0.25, 0.3) is 0 Å². The normalized spacial score (nSPS) is 24.1. The van der Waals surface area contributed by atoms with Crippen LogP contribution in [0.4, 0.5) is 17.1 Å². The third-order valence-electron chi connectivity index (χ3n) is 3.96. The summed E-state index contributed by atoms with van der Waals surface area (Å²) >= 11 is 0. The van der Waals surface area contributed by atoms with Crippen molar-refractivity contribution in [2.24, 2.45) is 0 Å². The number of hydrogen-bond donors (Lipinski definition) is 3. The fourth-order valence-electron chi connectivity index (χ4n) is 2.99. The number of fused-ring (bicyclic) bond motifs is 1. The maximum absolute atomic E-state index is 11.4. The minimum Gasteiger partial charge on any atom is -0.397 e. The number of nitrogens with two attached hydrogens (primary N) is 1. The molecule has 2 aliphatic rings. The van der Waals surface area contributed by atoms with Crippen LogP contribution in [0.1, 0.15) is 32.3 Å². The largest absolute Gasteiger partial charge is 0.397 e. The summed E-state index contributed by atoms with van der Waals surface area (Å²) in [5.41, 5.74) is 9.44. The molecule has 0 bridgehead atoms. The van der Waals surface area contributed by atoms with Crippen molar-refractivity contribution in [2.45, 2.75) is 44.8 Å². The van der Waals surface area contributed by atoms with Crippen molar-refractivity contribution in [1.82, 2.24) is 0 Å². The molecule has 5 nitrogen and oxygen atoms in total. The van der Waals surface area contributed by atoms with E-state index in [1.165, 1.54) is 0 Å². The van der Waals surface area contributed by atoms with E-state index in [0.717, 1.165) is 36.4 Å². The van der Waals surface area contributed by atoms with Crippen LogP contribution in [-0.4, -0.2) is 24.2 Å². The van der Waals surface area contributed by atoms with Gasteiger partial charge in [-0.3, -0.25) is 4.79 Å². The van der Waals surface area contributed by atoms with Crippen molar-refractivity contribution in [2.75, 3.05) is 23.0 Å². The van der Waals surface area contributed by atoms with Crippen molar-refractivity contribution in [3.63, 3.8) is 0 Å². The van der Waals surface area contributed by atoms with Gasteiger partial charge in [-0.05, 0) is 44.4 Å². The first-order valence-electron chi connectivity index (χ1n) is 7.06. The molecule has 1 aromatic carbocycles. The summed E-state index contributed by atoms with van der Waals surface area (Å²) in [5, 5.41) is 6.35. The third-order valence-corrected chi connectivity index (χ3v) is 3.96. The third kappa shape index (κ3) is 2.58. The lowest BCUT2D eigenvalue weighted by Gasteiger charge is -2.36. The first-order chi connectivity index (χ1) is 9.43. The molecule has 1 amide bonds. The Morgan fingerprint density at radius 2 is 2.25 bits per heavy atom. The Kier molecular flexibility index (Phi) is 3.09. The van der Waals surface area contributed by atoms with E-state index in [-0.39, 0.29) is 11.5 Å². The summed E-state index contributed by atoms with van der Waals surface area (Å²) < 4.78 is 5.72. The SMILES string of the molecule is CC1(C)CC(Nc2cc3c(cc2N)CC(=O)N3)CCO1. The van der Waals surface area contributed by atoms with Gasteiger partial charge in [-0.15, -0.1) is 0 Å². The molecule has 0 aromatic heterocycles. The topological polar surface area (TPSA) is 76.4 Å². The maximum Gasteiger partial charge on any atom is 0.228 e. The van der Waals surface area contributed by atoms with Crippen molar-refractivity contribution in [1.29, 1.82) is 0 Å². The Bertz CT molecular complexity index is 554. The van der Waals surface area contributed by atoms with E-state index in [9.17, 15) is 4.79 Å². The molecule has 0 radical (unpaired) electrons. The molecular weight excluding hydrogens is 254 g/mol. The highest BCUT2D eigenvalue weighted by atomic mass is 16.5. The summed E-state index contributed by atoms with van der Waals surface area (Å²) in [6, 6.07) is 4.18. The summed E-state index contributed by atoms with van der Waals surface area (Å²) in [6.45, 7) is 4.96. The number of amides is 1. The number of carbonyl (C=O) groups is 1. The van der Waals surface area contributed by atoms with Crippen LogP contribution in [0.2, 0.25) is 0 Å². The zero-order valence-corrected chi connectivity index (χ0v) is 12.0. The zero-order chi connectivity index (χ0) is 14.3. The quantitative estimate of drug-likeness (QED) is 0.723. The lowest BCUT2D eigenvalue weighted by Crippen LogP contribution is -2.40. The highest BCUT2D eigenvalue weighted by Gasteiger charge is 2.29. The average Bonchev–Trinajstić information content (AvgIpc) is 2.67. The van der Waals surface area contributed by atoms with E-state index >= 15 is 0 Å². The van der Waals surface area contributed by atoms with Gasteiger partial charge in [0.1, 0.15) is 0 Å². The van der Waals surface area contributed by atoms with Crippen LogP contribution in [0, 0.1) is 0 Å². The minimum atomic E-state index is -0.102. The summed E-state index contributed by atoms with van der Waals surface area (Å²) in [6.07, 6.45) is 2.33. The maximum atomic E-state index is 11.4. The van der Waals surface area contributed by atoms with Gasteiger partial charge < -0.3 is 21.1 Å². The Morgan fingerprint density at radius 3 is 3.00 bits per heavy atom. The van der Waals surface area contributed by atoms with E-state index in [1.807, 2.05) is 12.1 Å². The van der Waals surface area contributed by atoms with Gasteiger partial charge in [0.2, 0.25) is 5.91 Å². The molecule has 1 unspecified atom stereocenters. The van der Waals surface area contributed by atoms with Crippen molar-refractivity contribution >= 4 is 23.0 Å². The number of anilines is 3. The Balaban J connectivity index is 1.78. The second kappa shape index (κ2) is 4.66. The molecule has 2 aliphatic heterocycles. The molecule has 0 spiro atoms. The summed E-state index contributed by atoms with van der Waals surface area (Å²) in [5.74, 6) is 0.0312. The van der Waals surface area contributed by atoms with Gasteiger partial charge in [0.05, 0.1) is 23.4 Å². The van der Waals surface area contributed by atoms with Gasteiger partial charge in [0, 0.05) is 18.3 Å². The number of nitrogens with one attached hydrogen (secondary N) is 2. The molecule has 2 heterocycles. The molecule has 1 atom stereocenters. The van der Waals surface area contributed by atoms with Gasteiger partial charge in [-0.25, -0.2) is 0 Å². The number of ether oxygens (including phenoxy) is 1. The lowest BCUT2D eigenvalue weighted by molar-refractivity contribution is -0.115. The second-order valence-electron chi connectivity index (χ2n) is 6.26. The van der Waals surface area contributed by atoms with Crippen LogP contribution in [-0.2, 0) is 16.0 Å². The van der Waals surface area contributed by atoms with E-state index in [0.29, 0.717) is 18.2 Å². The van der Waals surface area contributed by atoms with Gasteiger partial charge >= 0.3 is 0 Å². The first kappa shape index (κ1) is 13.2. The van der Waals surface area contributed by atoms with E-state index < -0.39 is 0 Å². The van der Waals surface area contributed by atoms with E-state index in [4.69, 9.17) is 10.5 Å². The van der Waals surface area contributed by atoms with E-state index in [1.54, 1.807) is 0 Å².